The number of benzene rings is 2. The highest BCUT2D eigenvalue weighted by atomic mass is 16.5. The van der Waals surface area contributed by atoms with Gasteiger partial charge in [-0.1, -0.05) is 23.8 Å². The van der Waals surface area contributed by atoms with Gasteiger partial charge < -0.3 is 15.8 Å². The summed E-state index contributed by atoms with van der Waals surface area (Å²) in [6.07, 6.45) is 0. The molecule has 0 fully saturated rings. The Kier molecular flexibility index (Phi) is 4.56. The summed E-state index contributed by atoms with van der Waals surface area (Å²) >= 11 is 0. The summed E-state index contributed by atoms with van der Waals surface area (Å²) in [5.41, 5.74) is 7.26. The third-order valence-corrected chi connectivity index (χ3v) is 2.79. The number of rotatable bonds is 5. The molecule has 5 nitrogen and oxygen atoms in total. The van der Waals surface area contributed by atoms with Crippen molar-refractivity contribution in [3.8, 4) is 5.75 Å². The number of anilines is 1. The first-order valence-corrected chi connectivity index (χ1v) is 6.44. The molecule has 2 aromatic carbocycles. The largest absolute Gasteiger partial charge is 0.484 e. The molecular formula is C16H16N2O3. The first-order valence-electron chi connectivity index (χ1n) is 6.44. The number of hydrogen-bond acceptors (Lipinski definition) is 3. The maximum absolute atomic E-state index is 12.1. The predicted octanol–water partition coefficient (Wildman–Crippen LogP) is 2.11. The minimum Gasteiger partial charge on any atom is -0.484 e. The highest BCUT2D eigenvalue weighted by Gasteiger charge is 2.06. The minimum atomic E-state index is -0.552. The lowest BCUT2D eigenvalue weighted by molar-refractivity contribution is -0.119. The van der Waals surface area contributed by atoms with Crippen molar-refractivity contribution in [2.45, 2.75) is 6.92 Å². The second-order valence-electron chi connectivity index (χ2n) is 4.60. The van der Waals surface area contributed by atoms with Crippen LogP contribution in [-0.4, -0.2) is 18.4 Å². The van der Waals surface area contributed by atoms with Crippen LogP contribution in [0.2, 0.25) is 0 Å². The van der Waals surface area contributed by atoms with E-state index >= 15 is 0 Å². The third kappa shape index (κ3) is 4.35. The van der Waals surface area contributed by atoms with Crippen molar-refractivity contribution in [3.05, 3.63) is 59.7 Å². The molecule has 0 aromatic heterocycles. The van der Waals surface area contributed by atoms with Crippen molar-refractivity contribution in [2.75, 3.05) is 11.9 Å². The van der Waals surface area contributed by atoms with Gasteiger partial charge in [-0.2, -0.15) is 0 Å². The van der Waals surface area contributed by atoms with Crippen LogP contribution in [0, 0.1) is 6.92 Å². The van der Waals surface area contributed by atoms with Crippen LogP contribution in [0.5, 0.6) is 5.75 Å². The molecule has 0 aliphatic carbocycles. The zero-order valence-corrected chi connectivity index (χ0v) is 11.6. The van der Waals surface area contributed by atoms with Crippen LogP contribution in [0.25, 0.3) is 0 Å². The van der Waals surface area contributed by atoms with E-state index < -0.39 is 5.91 Å². The van der Waals surface area contributed by atoms with Gasteiger partial charge in [0.1, 0.15) is 5.75 Å². The van der Waals surface area contributed by atoms with Crippen molar-refractivity contribution in [3.63, 3.8) is 0 Å². The van der Waals surface area contributed by atoms with Crippen LogP contribution in [0.4, 0.5) is 5.69 Å². The van der Waals surface area contributed by atoms with Gasteiger partial charge in [0.2, 0.25) is 0 Å². The maximum Gasteiger partial charge on any atom is 0.255 e. The lowest BCUT2D eigenvalue weighted by atomic mass is 10.1. The Labute approximate surface area is 122 Å². The third-order valence-electron chi connectivity index (χ3n) is 2.79. The summed E-state index contributed by atoms with van der Waals surface area (Å²) in [5.74, 6) is -0.290. The maximum atomic E-state index is 12.1. The smallest absolute Gasteiger partial charge is 0.255 e. The molecular weight excluding hydrogens is 268 g/mol. The van der Waals surface area contributed by atoms with Crippen LogP contribution in [0.15, 0.2) is 48.5 Å². The number of hydrogen-bond donors (Lipinski definition) is 2. The SMILES string of the molecule is Cc1ccc(C(=O)Nc2cccc(OCC(N)=O)c2)cc1. The van der Waals surface area contributed by atoms with Gasteiger partial charge in [-0.05, 0) is 31.2 Å². The summed E-state index contributed by atoms with van der Waals surface area (Å²) in [7, 11) is 0. The van der Waals surface area contributed by atoms with E-state index in [0.717, 1.165) is 5.56 Å². The van der Waals surface area contributed by atoms with Gasteiger partial charge >= 0.3 is 0 Å². The van der Waals surface area contributed by atoms with Crippen LogP contribution in [0.3, 0.4) is 0 Å². The Balaban J connectivity index is 2.05. The summed E-state index contributed by atoms with van der Waals surface area (Å²) in [6.45, 7) is 1.76. The van der Waals surface area contributed by atoms with E-state index in [1.54, 1.807) is 36.4 Å². The molecule has 0 bridgehead atoms. The van der Waals surface area contributed by atoms with Crippen molar-refractivity contribution in [1.82, 2.24) is 0 Å². The number of carbonyl (C=O) groups excluding carboxylic acids is 2. The fraction of sp³-hybridized carbons (Fsp3) is 0.125. The van der Waals surface area contributed by atoms with Gasteiger partial charge in [-0.15, -0.1) is 0 Å². The summed E-state index contributed by atoms with van der Waals surface area (Å²) in [5, 5.41) is 2.77. The molecule has 0 spiro atoms. The molecule has 5 heteroatoms. The van der Waals surface area contributed by atoms with E-state index in [4.69, 9.17) is 10.5 Å². The van der Waals surface area contributed by atoms with Crippen LogP contribution in [-0.2, 0) is 4.79 Å². The predicted molar refractivity (Wildman–Crippen MR) is 80.3 cm³/mol. The number of primary amides is 1. The monoisotopic (exact) mass is 284 g/mol. The number of amides is 2. The lowest BCUT2D eigenvalue weighted by Crippen LogP contribution is -2.20. The molecule has 0 unspecified atom stereocenters. The Hall–Kier alpha value is -2.82. The average Bonchev–Trinajstić information content (AvgIpc) is 2.46. The molecule has 0 saturated heterocycles. The molecule has 108 valence electrons. The van der Waals surface area contributed by atoms with E-state index in [9.17, 15) is 9.59 Å². The molecule has 2 amide bonds. The van der Waals surface area contributed by atoms with Crippen LogP contribution >= 0.6 is 0 Å². The number of aryl methyl sites for hydroxylation is 1. The fourth-order valence-corrected chi connectivity index (χ4v) is 1.73. The Bertz CT molecular complexity index is 651. The van der Waals surface area contributed by atoms with Gasteiger partial charge in [0.05, 0.1) is 0 Å². The molecule has 0 heterocycles. The zero-order chi connectivity index (χ0) is 15.2. The van der Waals surface area contributed by atoms with Gasteiger partial charge in [0.25, 0.3) is 11.8 Å². The van der Waals surface area contributed by atoms with Crippen molar-refractivity contribution in [1.29, 1.82) is 0 Å². The second-order valence-corrected chi connectivity index (χ2v) is 4.60. The van der Waals surface area contributed by atoms with Crippen LogP contribution in [0.1, 0.15) is 15.9 Å². The van der Waals surface area contributed by atoms with E-state index in [2.05, 4.69) is 5.32 Å². The zero-order valence-electron chi connectivity index (χ0n) is 11.6. The molecule has 3 N–H and O–H groups in total. The second kappa shape index (κ2) is 6.56. The topological polar surface area (TPSA) is 81.4 Å². The van der Waals surface area contributed by atoms with Crippen molar-refractivity contribution >= 4 is 17.5 Å². The average molecular weight is 284 g/mol. The lowest BCUT2D eigenvalue weighted by Gasteiger charge is -2.08. The first kappa shape index (κ1) is 14.6. The van der Waals surface area contributed by atoms with E-state index in [1.165, 1.54) is 0 Å². The normalized spacial score (nSPS) is 9.95. The minimum absolute atomic E-state index is 0.199. The van der Waals surface area contributed by atoms with E-state index in [-0.39, 0.29) is 12.5 Å². The van der Waals surface area contributed by atoms with Gasteiger partial charge in [-0.3, -0.25) is 9.59 Å². The molecule has 0 aliphatic rings. The summed E-state index contributed by atoms with van der Waals surface area (Å²) in [6, 6.07) is 14.1. The number of nitrogens with one attached hydrogen (secondary N) is 1. The molecule has 0 atom stereocenters. The molecule has 0 saturated carbocycles. The molecule has 2 rings (SSSR count). The Morgan fingerprint density at radius 3 is 2.52 bits per heavy atom. The summed E-state index contributed by atoms with van der Waals surface area (Å²) < 4.78 is 5.19. The molecule has 0 aliphatic heterocycles. The van der Waals surface area contributed by atoms with E-state index in [1.807, 2.05) is 19.1 Å². The van der Waals surface area contributed by atoms with Crippen molar-refractivity contribution < 1.29 is 14.3 Å². The fourth-order valence-electron chi connectivity index (χ4n) is 1.73. The highest BCUT2D eigenvalue weighted by molar-refractivity contribution is 6.04. The Morgan fingerprint density at radius 2 is 1.86 bits per heavy atom. The van der Waals surface area contributed by atoms with E-state index in [0.29, 0.717) is 17.0 Å². The standard InChI is InChI=1S/C16H16N2O3/c1-11-5-7-12(8-6-11)16(20)18-13-3-2-4-14(9-13)21-10-15(17)19/h2-9H,10H2,1H3,(H2,17,19)(H,18,20). The Morgan fingerprint density at radius 1 is 1.14 bits per heavy atom. The molecule has 21 heavy (non-hydrogen) atoms. The number of carbonyl (C=O) groups is 2. The molecule has 0 radical (unpaired) electrons. The van der Waals surface area contributed by atoms with Gasteiger partial charge in [-0.25, -0.2) is 0 Å². The quantitative estimate of drug-likeness (QED) is 0.882. The molecule has 2 aromatic rings. The van der Waals surface area contributed by atoms with Crippen molar-refractivity contribution in [2.24, 2.45) is 5.73 Å². The van der Waals surface area contributed by atoms with Gasteiger partial charge in [0, 0.05) is 17.3 Å². The summed E-state index contributed by atoms with van der Waals surface area (Å²) in [4.78, 5) is 22.8. The number of ether oxygens (including phenoxy) is 1. The first-order chi connectivity index (χ1) is 10.0. The van der Waals surface area contributed by atoms with Gasteiger partial charge in [0.15, 0.2) is 6.61 Å². The number of nitrogens with two attached hydrogens (primary N) is 1. The highest BCUT2D eigenvalue weighted by Crippen LogP contribution is 2.18. The van der Waals surface area contributed by atoms with Crippen LogP contribution < -0.4 is 15.8 Å².